The number of hydrogen-bond donors (Lipinski definition) is 1. The predicted octanol–water partition coefficient (Wildman–Crippen LogP) is 4.66. The molecule has 0 aliphatic carbocycles. The Morgan fingerprint density at radius 3 is 2.21 bits per heavy atom. The zero-order valence-electron chi connectivity index (χ0n) is 10.7. The lowest BCUT2D eigenvalue weighted by Crippen LogP contribution is -2.34. The van der Waals surface area contributed by atoms with Crippen LogP contribution < -0.4 is 5.73 Å². The molecule has 0 saturated heterocycles. The van der Waals surface area contributed by atoms with Crippen LogP contribution in [0, 0.1) is 12.7 Å². The highest BCUT2D eigenvalue weighted by Crippen LogP contribution is 2.34. The van der Waals surface area contributed by atoms with Crippen LogP contribution in [0.25, 0.3) is 0 Å². The van der Waals surface area contributed by atoms with E-state index < -0.39 is 11.4 Å². The maximum atomic E-state index is 13.6. The van der Waals surface area contributed by atoms with Crippen molar-refractivity contribution in [3.8, 4) is 0 Å². The highest BCUT2D eigenvalue weighted by molar-refractivity contribution is 6.35. The SMILES string of the molecule is Cc1ccc(C(C)(N)c2cc(F)c(Cl)cc2Cl)cc1. The van der Waals surface area contributed by atoms with E-state index in [0.717, 1.165) is 11.1 Å². The highest BCUT2D eigenvalue weighted by atomic mass is 35.5. The van der Waals surface area contributed by atoms with Crippen molar-refractivity contribution in [2.24, 2.45) is 5.73 Å². The first-order valence-corrected chi connectivity index (χ1v) is 6.59. The smallest absolute Gasteiger partial charge is 0.142 e. The summed E-state index contributed by atoms with van der Waals surface area (Å²) in [5.41, 5.74) is 7.97. The molecule has 2 rings (SSSR count). The lowest BCUT2D eigenvalue weighted by atomic mass is 9.85. The van der Waals surface area contributed by atoms with Crippen LogP contribution in [-0.2, 0) is 5.54 Å². The van der Waals surface area contributed by atoms with Gasteiger partial charge in [-0.25, -0.2) is 4.39 Å². The molecule has 0 aliphatic heterocycles. The number of hydrogen-bond acceptors (Lipinski definition) is 1. The van der Waals surface area contributed by atoms with Crippen LogP contribution in [0.3, 0.4) is 0 Å². The van der Waals surface area contributed by atoms with E-state index in [1.165, 1.54) is 12.1 Å². The third kappa shape index (κ3) is 2.76. The van der Waals surface area contributed by atoms with E-state index in [4.69, 9.17) is 28.9 Å². The van der Waals surface area contributed by atoms with Crippen molar-refractivity contribution in [3.05, 3.63) is 69.0 Å². The lowest BCUT2D eigenvalue weighted by molar-refractivity contribution is 0.582. The quantitative estimate of drug-likeness (QED) is 0.802. The van der Waals surface area contributed by atoms with Gasteiger partial charge in [0.2, 0.25) is 0 Å². The van der Waals surface area contributed by atoms with Gasteiger partial charge >= 0.3 is 0 Å². The fourth-order valence-corrected chi connectivity index (χ4v) is 2.56. The van der Waals surface area contributed by atoms with E-state index in [9.17, 15) is 4.39 Å². The monoisotopic (exact) mass is 297 g/mol. The minimum atomic E-state index is -0.879. The lowest BCUT2D eigenvalue weighted by Gasteiger charge is -2.27. The van der Waals surface area contributed by atoms with Crippen LogP contribution in [0.15, 0.2) is 36.4 Å². The second-order valence-corrected chi connectivity index (χ2v) is 5.63. The summed E-state index contributed by atoms with van der Waals surface area (Å²) in [7, 11) is 0. The van der Waals surface area contributed by atoms with Crippen LogP contribution in [-0.4, -0.2) is 0 Å². The van der Waals surface area contributed by atoms with Gasteiger partial charge in [-0.05, 0) is 37.1 Å². The second kappa shape index (κ2) is 5.12. The molecular formula is C15H14Cl2FN. The summed E-state index contributed by atoms with van der Waals surface area (Å²) in [4.78, 5) is 0. The molecule has 0 aromatic heterocycles. The zero-order valence-corrected chi connectivity index (χ0v) is 12.2. The van der Waals surface area contributed by atoms with E-state index >= 15 is 0 Å². The molecule has 1 atom stereocenters. The number of aryl methyl sites for hydroxylation is 1. The fourth-order valence-electron chi connectivity index (χ4n) is 1.98. The summed E-state index contributed by atoms with van der Waals surface area (Å²) in [6.07, 6.45) is 0. The predicted molar refractivity (Wildman–Crippen MR) is 78.2 cm³/mol. The summed E-state index contributed by atoms with van der Waals surface area (Å²) in [6, 6.07) is 10.4. The number of rotatable bonds is 2. The molecule has 0 amide bonds. The molecule has 0 heterocycles. The first-order chi connectivity index (χ1) is 8.82. The normalized spacial score (nSPS) is 14.2. The molecule has 19 heavy (non-hydrogen) atoms. The molecule has 0 fully saturated rings. The Hall–Kier alpha value is -1.09. The van der Waals surface area contributed by atoms with Crippen LogP contribution in [0.2, 0.25) is 10.0 Å². The molecule has 2 N–H and O–H groups in total. The van der Waals surface area contributed by atoms with Crippen molar-refractivity contribution >= 4 is 23.2 Å². The maximum Gasteiger partial charge on any atom is 0.142 e. The first kappa shape index (κ1) is 14.3. The topological polar surface area (TPSA) is 26.0 Å². The maximum absolute atomic E-state index is 13.6. The molecule has 1 nitrogen and oxygen atoms in total. The molecule has 2 aromatic rings. The van der Waals surface area contributed by atoms with Crippen LogP contribution in [0.1, 0.15) is 23.6 Å². The van der Waals surface area contributed by atoms with Gasteiger partial charge in [-0.3, -0.25) is 0 Å². The zero-order chi connectivity index (χ0) is 14.2. The Labute approximate surface area is 122 Å². The summed E-state index contributed by atoms with van der Waals surface area (Å²) >= 11 is 11.8. The largest absolute Gasteiger partial charge is 0.318 e. The molecule has 0 spiro atoms. The summed E-state index contributed by atoms with van der Waals surface area (Å²) in [5, 5.41) is 0.352. The van der Waals surface area contributed by atoms with Gasteiger partial charge in [-0.2, -0.15) is 0 Å². The highest BCUT2D eigenvalue weighted by Gasteiger charge is 2.27. The second-order valence-electron chi connectivity index (χ2n) is 4.81. The molecule has 4 heteroatoms. The van der Waals surface area contributed by atoms with Crippen molar-refractivity contribution in [1.82, 2.24) is 0 Å². The van der Waals surface area contributed by atoms with Crippen molar-refractivity contribution < 1.29 is 4.39 Å². The minimum absolute atomic E-state index is 0.00606. The van der Waals surface area contributed by atoms with Gasteiger partial charge in [-0.15, -0.1) is 0 Å². The van der Waals surface area contributed by atoms with Crippen LogP contribution in [0.4, 0.5) is 4.39 Å². The van der Waals surface area contributed by atoms with Gasteiger partial charge in [0.1, 0.15) is 5.82 Å². The Kier molecular flexibility index (Phi) is 3.86. The molecule has 0 saturated carbocycles. The number of halogens is 3. The van der Waals surface area contributed by atoms with E-state index in [2.05, 4.69) is 0 Å². The fraction of sp³-hybridized carbons (Fsp3) is 0.200. The van der Waals surface area contributed by atoms with Gasteiger partial charge in [0.05, 0.1) is 10.6 Å². The first-order valence-electron chi connectivity index (χ1n) is 5.83. The van der Waals surface area contributed by atoms with Gasteiger partial charge in [0.25, 0.3) is 0 Å². The van der Waals surface area contributed by atoms with Gasteiger partial charge in [0, 0.05) is 5.02 Å². The van der Waals surface area contributed by atoms with E-state index in [1.807, 2.05) is 31.2 Å². The molecule has 100 valence electrons. The number of nitrogens with two attached hydrogens (primary N) is 1. The van der Waals surface area contributed by atoms with Gasteiger partial charge < -0.3 is 5.73 Å². The average Bonchev–Trinajstić information content (AvgIpc) is 2.34. The summed E-state index contributed by atoms with van der Waals surface area (Å²) in [5.74, 6) is -0.523. The molecule has 0 aliphatic rings. The molecular weight excluding hydrogens is 284 g/mol. The van der Waals surface area contributed by atoms with E-state index in [1.54, 1.807) is 6.92 Å². The van der Waals surface area contributed by atoms with Gasteiger partial charge in [0.15, 0.2) is 0 Å². The van der Waals surface area contributed by atoms with Crippen molar-refractivity contribution in [2.75, 3.05) is 0 Å². The molecule has 0 radical (unpaired) electrons. The third-order valence-corrected chi connectivity index (χ3v) is 3.82. The van der Waals surface area contributed by atoms with E-state index in [0.29, 0.717) is 10.6 Å². The van der Waals surface area contributed by atoms with Crippen LogP contribution in [0.5, 0.6) is 0 Å². The van der Waals surface area contributed by atoms with Gasteiger partial charge in [-0.1, -0.05) is 53.0 Å². The summed E-state index contributed by atoms with van der Waals surface area (Å²) < 4.78 is 13.6. The van der Waals surface area contributed by atoms with E-state index in [-0.39, 0.29) is 5.02 Å². The van der Waals surface area contributed by atoms with Crippen LogP contribution >= 0.6 is 23.2 Å². The Bertz CT molecular complexity index is 606. The summed E-state index contributed by atoms with van der Waals surface area (Å²) in [6.45, 7) is 3.79. The third-order valence-electron chi connectivity index (χ3n) is 3.22. The molecule has 1 unspecified atom stereocenters. The molecule has 0 bridgehead atoms. The average molecular weight is 298 g/mol. The Balaban J connectivity index is 2.55. The Morgan fingerprint density at radius 1 is 1.05 bits per heavy atom. The Morgan fingerprint density at radius 2 is 1.63 bits per heavy atom. The molecule has 2 aromatic carbocycles. The van der Waals surface area contributed by atoms with Crippen molar-refractivity contribution in [3.63, 3.8) is 0 Å². The minimum Gasteiger partial charge on any atom is -0.318 e. The number of benzene rings is 2. The standard InChI is InChI=1S/C15H14Cl2FN/c1-9-3-5-10(6-4-9)15(2,19)11-7-14(18)13(17)8-12(11)16/h3-8H,19H2,1-2H3. The van der Waals surface area contributed by atoms with Crippen molar-refractivity contribution in [2.45, 2.75) is 19.4 Å². The van der Waals surface area contributed by atoms with Crippen molar-refractivity contribution in [1.29, 1.82) is 0 Å².